The smallest absolute Gasteiger partial charge is 0.366 e. The van der Waals surface area contributed by atoms with Crippen molar-refractivity contribution in [2.45, 2.75) is 6.18 Å². The van der Waals surface area contributed by atoms with E-state index in [0.29, 0.717) is 0 Å². The minimum atomic E-state index is -4.59. The number of primary amides is 1. The Morgan fingerprint density at radius 2 is 1.65 bits per heavy atom. The highest BCUT2D eigenvalue weighted by atomic mass is 19.4. The van der Waals surface area contributed by atoms with Gasteiger partial charge in [-0.05, 0) is 23.8 Å². The van der Waals surface area contributed by atoms with Crippen LogP contribution in [-0.4, -0.2) is 5.91 Å². The van der Waals surface area contributed by atoms with Gasteiger partial charge < -0.3 is 5.73 Å². The number of hydrogen-bond acceptors (Lipinski definition) is 1. The van der Waals surface area contributed by atoms with Crippen LogP contribution in [0, 0.1) is 5.82 Å². The summed E-state index contributed by atoms with van der Waals surface area (Å²) in [6.07, 6.45) is -4.59. The van der Waals surface area contributed by atoms with E-state index in [0.717, 1.165) is 18.2 Å². The second-order valence-electron chi connectivity index (χ2n) is 4.10. The maximum atomic E-state index is 13.9. The molecule has 2 nitrogen and oxygen atoms in total. The average molecular weight is 283 g/mol. The van der Waals surface area contributed by atoms with Gasteiger partial charge in [-0.15, -0.1) is 0 Å². The molecule has 20 heavy (non-hydrogen) atoms. The molecule has 0 spiro atoms. The minimum Gasteiger partial charge on any atom is -0.366 e. The van der Waals surface area contributed by atoms with Gasteiger partial charge in [-0.2, -0.15) is 13.2 Å². The Morgan fingerprint density at radius 3 is 2.20 bits per heavy atom. The van der Waals surface area contributed by atoms with Crippen LogP contribution in [-0.2, 0) is 6.18 Å². The van der Waals surface area contributed by atoms with Gasteiger partial charge in [0.1, 0.15) is 5.82 Å². The summed E-state index contributed by atoms with van der Waals surface area (Å²) in [6.45, 7) is 0. The molecule has 6 heteroatoms. The van der Waals surface area contributed by atoms with Crippen molar-refractivity contribution >= 4 is 5.91 Å². The van der Waals surface area contributed by atoms with Crippen LogP contribution >= 0.6 is 0 Å². The van der Waals surface area contributed by atoms with Gasteiger partial charge in [0, 0.05) is 11.1 Å². The lowest BCUT2D eigenvalue weighted by atomic mass is 9.97. The summed E-state index contributed by atoms with van der Waals surface area (Å²) in [6, 6.07) is 7.77. The molecule has 0 radical (unpaired) electrons. The van der Waals surface area contributed by atoms with E-state index in [-0.39, 0.29) is 16.7 Å². The van der Waals surface area contributed by atoms with Crippen molar-refractivity contribution < 1.29 is 22.4 Å². The number of rotatable bonds is 2. The fraction of sp³-hybridized carbons (Fsp3) is 0.0714. The molecule has 0 bridgehead atoms. The van der Waals surface area contributed by atoms with Crippen molar-refractivity contribution in [1.82, 2.24) is 0 Å². The summed E-state index contributed by atoms with van der Waals surface area (Å²) in [5.41, 5.74) is 3.43. The van der Waals surface area contributed by atoms with Gasteiger partial charge in [-0.1, -0.05) is 24.3 Å². The lowest BCUT2D eigenvalue weighted by molar-refractivity contribution is -0.137. The molecule has 1 amide bonds. The molecule has 0 saturated heterocycles. The number of nitrogens with two attached hydrogens (primary N) is 1. The molecule has 0 atom stereocenters. The predicted molar refractivity (Wildman–Crippen MR) is 65.4 cm³/mol. The van der Waals surface area contributed by atoms with Crippen LogP contribution < -0.4 is 5.73 Å². The Labute approximate surface area is 111 Å². The van der Waals surface area contributed by atoms with Crippen molar-refractivity contribution in [3.8, 4) is 11.1 Å². The number of halogens is 4. The van der Waals surface area contributed by atoms with Crippen LogP contribution in [0.3, 0.4) is 0 Å². The normalized spacial score (nSPS) is 11.4. The molecule has 0 heterocycles. The molecule has 0 aliphatic heterocycles. The Kier molecular flexibility index (Phi) is 3.48. The molecular formula is C14H9F4NO. The standard InChI is InChI=1S/C14H9F4NO/c15-12-7-8(13(19)20)5-6-10(12)9-3-1-2-4-11(9)14(16,17)18/h1-7H,(H2,19,20). The van der Waals surface area contributed by atoms with E-state index in [9.17, 15) is 22.4 Å². The highest BCUT2D eigenvalue weighted by molar-refractivity contribution is 5.93. The summed E-state index contributed by atoms with van der Waals surface area (Å²) < 4.78 is 52.5. The van der Waals surface area contributed by atoms with Crippen LogP contribution in [0.1, 0.15) is 15.9 Å². The average Bonchev–Trinajstić information content (AvgIpc) is 2.37. The maximum absolute atomic E-state index is 13.9. The first-order chi connectivity index (χ1) is 9.30. The summed E-state index contributed by atoms with van der Waals surface area (Å²) in [7, 11) is 0. The van der Waals surface area contributed by atoms with E-state index in [1.54, 1.807) is 0 Å². The van der Waals surface area contributed by atoms with E-state index < -0.39 is 23.5 Å². The van der Waals surface area contributed by atoms with E-state index in [1.807, 2.05) is 0 Å². The number of alkyl halides is 3. The molecule has 104 valence electrons. The molecule has 0 aliphatic rings. The molecule has 2 aromatic rings. The van der Waals surface area contributed by atoms with Gasteiger partial charge in [0.15, 0.2) is 0 Å². The first-order valence-electron chi connectivity index (χ1n) is 5.56. The quantitative estimate of drug-likeness (QED) is 0.841. The zero-order valence-corrected chi connectivity index (χ0v) is 10.0. The summed E-state index contributed by atoms with van der Waals surface area (Å²) in [5.74, 6) is -1.78. The highest BCUT2D eigenvalue weighted by Crippen LogP contribution is 2.37. The maximum Gasteiger partial charge on any atom is 0.417 e. The van der Waals surface area contributed by atoms with E-state index in [4.69, 9.17) is 5.73 Å². The lowest BCUT2D eigenvalue weighted by Gasteiger charge is -2.13. The molecule has 2 rings (SSSR count). The monoisotopic (exact) mass is 283 g/mol. The number of benzene rings is 2. The number of carbonyl (C=O) groups is 1. The Hall–Kier alpha value is -2.37. The van der Waals surface area contributed by atoms with Gasteiger partial charge in [0.25, 0.3) is 0 Å². The molecule has 0 fully saturated rings. The second-order valence-corrected chi connectivity index (χ2v) is 4.10. The first-order valence-corrected chi connectivity index (χ1v) is 5.56. The lowest BCUT2D eigenvalue weighted by Crippen LogP contribution is -2.11. The van der Waals surface area contributed by atoms with Crippen LogP contribution in [0.2, 0.25) is 0 Å². The Balaban J connectivity index is 2.61. The molecule has 0 aromatic heterocycles. The summed E-state index contributed by atoms with van der Waals surface area (Å²) in [5, 5.41) is 0. The molecule has 0 aliphatic carbocycles. The van der Waals surface area contributed by atoms with E-state index in [1.165, 1.54) is 24.3 Å². The van der Waals surface area contributed by atoms with Crippen LogP contribution in [0.25, 0.3) is 11.1 Å². The highest BCUT2D eigenvalue weighted by Gasteiger charge is 2.33. The van der Waals surface area contributed by atoms with Gasteiger partial charge in [-0.25, -0.2) is 4.39 Å². The predicted octanol–water partition coefficient (Wildman–Crippen LogP) is 3.61. The Morgan fingerprint density at radius 1 is 1.00 bits per heavy atom. The van der Waals surface area contributed by atoms with Crippen LogP contribution in [0.15, 0.2) is 42.5 Å². The summed E-state index contributed by atoms with van der Waals surface area (Å²) >= 11 is 0. The SMILES string of the molecule is NC(=O)c1ccc(-c2ccccc2C(F)(F)F)c(F)c1. The van der Waals surface area contributed by atoms with Gasteiger partial charge in [0.2, 0.25) is 5.91 Å². The molecule has 0 unspecified atom stereocenters. The summed E-state index contributed by atoms with van der Waals surface area (Å²) in [4.78, 5) is 10.9. The van der Waals surface area contributed by atoms with Crippen molar-refractivity contribution in [2.24, 2.45) is 5.73 Å². The molecule has 2 aromatic carbocycles. The fourth-order valence-corrected chi connectivity index (χ4v) is 1.85. The fourth-order valence-electron chi connectivity index (χ4n) is 1.85. The second kappa shape index (κ2) is 4.96. The molecular weight excluding hydrogens is 274 g/mol. The van der Waals surface area contributed by atoms with Crippen molar-refractivity contribution in [3.63, 3.8) is 0 Å². The van der Waals surface area contributed by atoms with Crippen molar-refractivity contribution in [2.75, 3.05) is 0 Å². The molecule has 2 N–H and O–H groups in total. The van der Waals surface area contributed by atoms with Gasteiger partial charge in [0.05, 0.1) is 5.56 Å². The van der Waals surface area contributed by atoms with E-state index in [2.05, 4.69) is 0 Å². The molecule has 0 saturated carbocycles. The number of carbonyl (C=O) groups excluding carboxylic acids is 1. The van der Waals surface area contributed by atoms with Gasteiger partial charge >= 0.3 is 6.18 Å². The van der Waals surface area contributed by atoms with Gasteiger partial charge in [-0.3, -0.25) is 4.79 Å². The third-order valence-corrected chi connectivity index (χ3v) is 2.78. The zero-order valence-electron chi connectivity index (χ0n) is 10.0. The first kappa shape index (κ1) is 14.0. The van der Waals surface area contributed by atoms with Crippen molar-refractivity contribution in [3.05, 3.63) is 59.4 Å². The van der Waals surface area contributed by atoms with E-state index >= 15 is 0 Å². The van der Waals surface area contributed by atoms with Crippen molar-refractivity contribution in [1.29, 1.82) is 0 Å². The van der Waals surface area contributed by atoms with Crippen LogP contribution in [0.5, 0.6) is 0 Å². The largest absolute Gasteiger partial charge is 0.417 e. The van der Waals surface area contributed by atoms with Crippen LogP contribution in [0.4, 0.5) is 17.6 Å². The Bertz CT molecular complexity index is 664. The number of hydrogen-bond donors (Lipinski definition) is 1. The third kappa shape index (κ3) is 2.64. The minimum absolute atomic E-state index is 0.101. The number of amides is 1. The topological polar surface area (TPSA) is 43.1 Å². The zero-order chi connectivity index (χ0) is 14.9. The third-order valence-electron chi connectivity index (χ3n) is 2.78.